The van der Waals surface area contributed by atoms with Crippen molar-refractivity contribution in [3.05, 3.63) is 0 Å². The molecule has 0 saturated carbocycles. The van der Waals surface area contributed by atoms with E-state index in [0.717, 1.165) is 19.5 Å². The lowest BCUT2D eigenvalue weighted by atomic mass is 10.3. The first-order chi connectivity index (χ1) is 10.0. The minimum atomic E-state index is -0.497. The first-order valence-corrected chi connectivity index (χ1v) is 7.27. The molecule has 0 atom stereocenters. The second-order valence-corrected chi connectivity index (χ2v) is 5.11. The molecule has 1 saturated heterocycles. The van der Waals surface area contributed by atoms with Gasteiger partial charge in [0.15, 0.2) is 0 Å². The Morgan fingerprint density at radius 1 is 1.19 bits per heavy atom. The Morgan fingerprint density at radius 2 is 1.86 bits per heavy atom. The zero-order chi connectivity index (χ0) is 15.7. The van der Waals surface area contributed by atoms with Crippen LogP contribution in [0, 0.1) is 0 Å². The minimum Gasteiger partial charge on any atom is -0.339 e. The highest BCUT2D eigenvalue weighted by molar-refractivity contribution is 5.95. The number of urea groups is 1. The van der Waals surface area contributed by atoms with Crippen LogP contribution < -0.4 is 16.0 Å². The van der Waals surface area contributed by atoms with Crippen LogP contribution in [-0.2, 0) is 9.59 Å². The Morgan fingerprint density at radius 3 is 2.48 bits per heavy atom. The summed E-state index contributed by atoms with van der Waals surface area (Å²) < 4.78 is 0. The average molecular weight is 299 g/mol. The molecule has 0 radical (unpaired) electrons. The van der Waals surface area contributed by atoms with Gasteiger partial charge in [-0.3, -0.25) is 19.8 Å². The maximum atomic E-state index is 12.0. The molecule has 120 valence electrons. The molecule has 0 bridgehead atoms. The Balaban J connectivity index is 2.25. The highest BCUT2D eigenvalue weighted by atomic mass is 16.2. The van der Waals surface area contributed by atoms with E-state index < -0.39 is 11.9 Å². The molecule has 4 amide bonds. The molecule has 21 heavy (non-hydrogen) atoms. The monoisotopic (exact) mass is 299 g/mol. The molecule has 0 spiro atoms. The van der Waals surface area contributed by atoms with E-state index in [1.54, 1.807) is 16.8 Å². The molecule has 1 fully saturated rings. The Labute approximate surface area is 125 Å². The van der Waals surface area contributed by atoms with Gasteiger partial charge in [0.1, 0.15) is 0 Å². The van der Waals surface area contributed by atoms with Gasteiger partial charge < -0.3 is 15.5 Å². The fourth-order valence-electron chi connectivity index (χ4n) is 2.00. The van der Waals surface area contributed by atoms with E-state index in [1.165, 1.54) is 0 Å². The fraction of sp³-hybridized carbons (Fsp3) is 0.769. The number of carbonyl (C=O) groups excluding carboxylic acids is 3. The molecule has 1 rings (SSSR count). The third-order valence-corrected chi connectivity index (χ3v) is 3.08. The van der Waals surface area contributed by atoms with Crippen LogP contribution in [0.1, 0.15) is 13.3 Å². The number of amides is 4. The second kappa shape index (κ2) is 9.30. The molecule has 0 unspecified atom stereocenters. The molecule has 0 aromatic heterocycles. The molecule has 0 aromatic rings. The first-order valence-electron chi connectivity index (χ1n) is 7.27. The fourth-order valence-corrected chi connectivity index (χ4v) is 2.00. The molecular weight excluding hydrogens is 274 g/mol. The molecule has 0 aromatic carbocycles. The highest BCUT2D eigenvalue weighted by Crippen LogP contribution is 1.95. The summed E-state index contributed by atoms with van der Waals surface area (Å²) in [5.74, 6) is -0.415. The Bertz CT molecular complexity index is 369. The van der Waals surface area contributed by atoms with Crippen LogP contribution in [0.15, 0.2) is 0 Å². The number of nitrogens with one attached hydrogen (secondary N) is 3. The molecule has 8 heteroatoms. The Hall–Kier alpha value is -1.67. The van der Waals surface area contributed by atoms with E-state index in [1.807, 2.05) is 6.92 Å². The summed E-state index contributed by atoms with van der Waals surface area (Å²) in [5.41, 5.74) is 0. The van der Waals surface area contributed by atoms with Gasteiger partial charge in [-0.2, -0.15) is 0 Å². The number of hydrogen-bond acceptors (Lipinski definition) is 5. The van der Waals surface area contributed by atoms with Gasteiger partial charge >= 0.3 is 6.03 Å². The van der Waals surface area contributed by atoms with Gasteiger partial charge in [0.25, 0.3) is 0 Å². The summed E-state index contributed by atoms with van der Waals surface area (Å²) in [5, 5.41) is 7.97. The van der Waals surface area contributed by atoms with Crippen molar-refractivity contribution in [2.24, 2.45) is 0 Å². The lowest BCUT2D eigenvalue weighted by molar-refractivity contribution is -0.133. The molecule has 1 aliphatic rings. The molecule has 0 aliphatic carbocycles. The van der Waals surface area contributed by atoms with Crippen molar-refractivity contribution >= 4 is 17.8 Å². The molecular formula is C13H25N5O3. The number of nitrogens with zero attached hydrogens (tertiary/aromatic N) is 2. The predicted octanol–water partition coefficient (Wildman–Crippen LogP) is -1.41. The lowest BCUT2D eigenvalue weighted by Crippen LogP contribution is -2.50. The molecule has 8 nitrogen and oxygen atoms in total. The van der Waals surface area contributed by atoms with E-state index in [4.69, 9.17) is 0 Å². The van der Waals surface area contributed by atoms with E-state index in [2.05, 4.69) is 16.0 Å². The van der Waals surface area contributed by atoms with Crippen LogP contribution in [0.2, 0.25) is 0 Å². The van der Waals surface area contributed by atoms with Crippen LogP contribution in [0.4, 0.5) is 4.79 Å². The SMILES string of the molecule is CCCNC(=O)NC(=O)CN(C)CC(=O)N1CCNCC1. The van der Waals surface area contributed by atoms with Crippen molar-refractivity contribution < 1.29 is 14.4 Å². The summed E-state index contributed by atoms with van der Waals surface area (Å²) >= 11 is 0. The number of carbonyl (C=O) groups is 3. The van der Waals surface area contributed by atoms with Crippen molar-refractivity contribution in [3.63, 3.8) is 0 Å². The summed E-state index contributed by atoms with van der Waals surface area (Å²) in [4.78, 5) is 38.3. The van der Waals surface area contributed by atoms with Crippen molar-refractivity contribution in [2.75, 3.05) is 52.9 Å². The maximum Gasteiger partial charge on any atom is 0.321 e. The van der Waals surface area contributed by atoms with E-state index in [9.17, 15) is 14.4 Å². The highest BCUT2D eigenvalue weighted by Gasteiger charge is 2.19. The van der Waals surface area contributed by atoms with Gasteiger partial charge in [-0.1, -0.05) is 6.92 Å². The van der Waals surface area contributed by atoms with Crippen LogP contribution in [-0.4, -0.2) is 80.5 Å². The normalized spacial score (nSPS) is 14.9. The third kappa shape index (κ3) is 7.05. The number of rotatable bonds is 6. The van der Waals surface area contributed by atoms with Gasteiger partial charge in [-0.15, -0.1) is 0 Å². The third-order valence-electron chi connectivity index (χ3n) is 3.08. The lowest BCUT2D eigenvalue weighted by Gasteiger charge is -2.29. The van der Waals surface area contributed by atoms with E-state index in [0.29, 0.717) is 19.6 Å². The van der Waals surface area contributed by atoms with Crippen molar-refractivity contribution in [1.82, 2.24) is 25.8 Å². The second-order valence-electron chi connectivity index (χ2n) is 5.11. The minimum absolute atomic E-state index is 0.00207. The average Bonchev–Trinajstić information content (AvgIpc) is 2.45. The number of piperazine rings is 1. The molecule has 1 heterocycles. The summed E-state index contributed by atoms with van der Waals surface area (Å²) in [7, 11) is 1.68. The standard InChI is InChI=1S/C13H25N5O3/c1-3-4-15-13(21)16-11(19)9-17(2)10-12(20)18-7-5-14-6-8-18/h14H,3-10H2,1-2H3,(H2,15,16,19,21). The largest absolute Gasteiger partial charge is 0.339 e. The number of hydrogen-bond donors (Lipinski definition) is 3. The smallest absolute Gasteiger partial charge is 0.321 e. The summed E-state index contributed by atoms with van der Waals surface area (Å²) in [6.45, 7) is 5.62. The van der Waals surface area contributed by atoms with Gasteiger partial charge in [0.05, 0.1) is 13.1 Å². The van der Waals surface area contributed by atoms with Gasteiger partial charge in [-0.05, 0) is 13.5 Å². The maximum absolute atomic E-state index is 12.0. The summed E-state index contributed by atoms with van der Waals surface area (Å²) in [6, 6.07) is -0.497. The molecule has 3 N–H and O–H groups in total. The predicted molar refractivity (Wildman–Crippen MR) is 78.8 cm³/mol. The van der Waals surface area contributed by atoms with Gasteiger partial charge in [0, 0.05) is 32.7 Å². The van der Waals surface area contributed by atoms with Crippen LogP contribution >= 0.6 is 0 Å². The molecule has 1 aliphatic heterocycles. The van der Waals surface area contributed by atoms with Crippen molar-refractivity contribution in [2.45, 2.75) is 13.3 Å². The number of likely N-dealkylation sites (N-methyl/N-ethyl adjacent to an activating group) is 1. The zero-order valence-corrected chi connectivity index (χ0v) is 12.8. The zero-order valence-electron chi connectivity index (χ0n) is 12.8. The first kappa shape index (κ1) is 17.4. The van der Waals surface area contributed by atoms with E-state index in [-0.39, 0.29) is 19.0 Å². The van der Waals surface area contributed by atoms with E-state index >= 15 is 0 Å². The van der Waals surface area contributed by atoms with Crippen molar-refractivity contribution in [3.8, 4) is 0 Å². The van der Waals surface area contributed by atoms with Gasteiger partial charge in [-0.25, -0.2) is 4.79 Å². The van der Waals surface area contributed by atoms with Crippen molar-refractivity contribution in [1.29, 1.82) is 0 Å². The van der Waals surface area contributed by atoms with Crippen LogP contribution in [0.5, 0.6) is 0 Å². The van der Waals surface area contributed by atoms with Crippen LogP contribution in [0.25, 0.3) is 0 Å². The number of imide groups is 1. The van der Waals surface area contributed by atoms with Gasteiger partial charge in [0.2, 0.25) is 11.8 Å². The van der Waals surface area contributed by atoms with Crippen LogP contribution in [0.3, 0.4) is 0 Å². The summed E-state index contributed by atoms with van der Waals surface area (Å²) in [6.07, 6.45) is 0.806. The topological polar surface area (TPSA) is 93.8 Å². The quantitative estimate of drug-likeness (QED) is 0.560. The Kier molecular flexibility index (Phi) is 7.70.